The molecule has 1 saturated heterocycles. The Kier molecular flexibility index (Phi) is 5.16. The number of likely N-dealkylation sites (tertiary alicyclic amines) is 1. The first-order valence-electron chi connectivity index (χ1n) is 7.78. The second-order valence-corrected chi connectivity index (χ2v) is 7.31. The Hall–Kier alpha value is -1.32. The van der Waals surface area contributed by atoms with Gasteiger partial charge in [-0.3, -0.25) is 4.79 Å². The molecule has 1 fully saturated rings. The second-order valence-electron chi connectivity index (χ2n) is 5.84. The third-order valence-electron chi connectivity index (χ3n) is 4.27. The van der Waals surface area contributed by atoms with E-state index in [1.807, 2.05) is 34.5 Å². The number of carbonyl (C=O) groups excluding carboxylic acids is 1. The van der Waals surface area contributed by atoms with Crippen LogP contribution < -0.4 is 0 Å². The molecule has 1 aliphatic rings. The maximum atomic E-state index is 12.6. The number of hydrogen-bond donors (Lipinski definition) is 0. The molecule has 116 valence electrons. The van der Waals surface area contributed by atoms with Gasteiger partial charge in [0.2, 0.25) is 5.91 Å². The van der Waals surface area contributed by atoms with Gasteiger partial charge in [-0.05, 0) is 42.0 Å². The number of benzene rings is 1. The van der Waals surface area contributed by atoms with Gasteiger partial charge in [-0.1, -0.05) is 36.2 Å². The summed E-state index contributed by atoms with van der Waals surface area (Å²) < 4.78 is 0. The number of rotatable bonds is 3. The summed E-state index contributed by atoms with van der Waals surface area (Å²) in [6.45, 7) is 1.71. The summed E-state index contributed by atoms with van der Waals surface area (Å²) in [6, 6.07) is 12.1. The minimum atomic E-state index is 0.253. The molecule has 22 heavy (non-hydrogen) atoms. The molecule has 2 heterocycles. The molecule has 0 aliphatic carbocycles. The summed E-state index contributed by atoms with van der Waals surface area (Å²) >= 11 is 7.64. The minimum absolute atomic E-state index is 0.253. The quantitative estimate of drug-likeness (QED) is 0.794. The van der Waals surface area contributed by atoms with Crippen LogP contribution in [-0.4, -0.2) is 23.9 Å². The Labute approximate surface area is 140 Å². The van der Waals surface area contributed by atoms with Crippen molar-refractivity contribution in [1.82, 2.24) is 4.90 Å². The molecule has 0 radical (unpaired) electrons. The third kappa shape index (κ3) is 3.90. The predicted molar refractivity (Wildman–Crippen MR) is 92.6 cm³/mol. The van der Waals surface area contributed by atoms with Crippen molar-refractivity contribution >= 4 is 28.8 Å². The van der Waals surface area contributed by atoms with Gasteiger partial charge in [0.05, 0.1) is 6.42 Å². The highest BCUT2D eigenvalue weighted by Gasteiger charge is 2.23. The molecule has 4 heteroatoms. The van der Waals surface area contributed by atoms with E-state index in [1.54, 1.807) is 11.3 Å². The maximum absolute atomic E-state index is 12.6. The Morgan fingerprint density at radius 2 is 2.05 bits per heavy atom. The lowest BCUT2D eigenvalue weighted by molar-refractivity contribution is -0.130. The highest BCUT2D eigenvalue weighted by Crippen LogP contribution is 2.28. The van der Waals surface area contributed by atoms with Crippen molar-refractivity contribution in [1.29, 1.82) is 0 Å². The smallest absolute Gasteiger partial charge is 0.227 e. The van der Waals surface area contributed by atoms with Crippen LogP contribution in [0.25, 0.3) is 0 Å². The fraction of sp³-hybridized carbons (Fsp3) is 0.389. The van der Waals surface area contributed by atoms with Gasteiger partial charge in [0.1, 0.15) is 0 Å². The fourth-order valence-electron chi connectivity index (χ4n) is 3.05. The number of thiophene rings is 1. The minimum Gasteiger partial charge on any atom is -0.342 e. The van der Waals surface area contributed by atoms with Gasteiger partial charge in [0.25, 0.3) is 0 Å². The highest BCUT2D eigenvalue weighted by molar-refractivity contribution is 7.10. The zero-order valence-electron chi connectivity index (χ0n) is 12.5. The first-order valence-corrected chi connectivity index (χ1v) is 9.04. The number of halogens is 1. The van der Waals surface area contributed by atoms with Crippen molar-refractivity contribution in [2.45, 2.75) is 31.6 Å². The van der Waals surface area contributed by atoms with Crippen LogP contribution in [0, 0.1) is 0 Å². The summed E-state index contributed by atoms with van der Waals surface area (Å²) in [4.78, 5) is 15.8. The molecule has 1 aromatic carbocycles. The van der Waals surface area contributed by atoms with Gasteiger partial charge in [-0.2, -0.15) is 0 Å². The molecule has 0 saturated carbocycles. The number of hydrogen-bond acceptors (Lipinski definition) is 2. The third-order valence-corrected chi connectivity index (χ3v) is 5.40. The first-order chi connectivity index (χ1) is 10.7. The van der Waals surface area contributed by atoms with Crippen LogP contribution in [0.3, 0.4) is 0 Å². The van der Waals surface area contributed by atoms with E-state index < -0.39 is 0 Å². The number of carbonyl (C=O) groups is 1. The molecule has 1 atom stereocenters. The number of nitrogens with zero attached hydrogens (tertiary/aromatic N) is 1. The Bertz CT molecular complexity index is 609. The SMILES string of the molecule is O=C(Cc1cccs1)N1CCCC[C@@H](c2ccc(Cl)cc2)C1. The van der Waals surface area contributed by atoms with E-state index in [9.17, 15) is 4.79 Å². The van der Waals surface area contributed by atoms with Gasteiger partial charge in [-0.25, -0.2) is 0 Å². The van der Waals surface area contributed by atoms with E-state index in [-0.39, 0.29) is 5.91 Å². The van der Waals surface area contributed by atoms with Gasteiger partial charge in [-0.15, -0.1) is 11.3 Å². The molecule has 0 N–H and O–H groups in total. The molecule has 1 amide bonds. The van der Waals surface area contributed by atoms with E-state index in [2.05, 4.69) is 12.1 Å². The molecule has 1 aromatic heterocycles. The van der Waals surface area contributed by atoms with Crippen LogP contribution in [0.15, 0.2) is 41.8 Å². The van der Waals surface area contributed by atoms with Crippen LogP contribution in [0.5, 0.6) is 0 Å². The largest absolute Gasteiger partial charge is 0.342 e. The Balaban J connectivity index is 1.69. The topological polar surface area (TPSA) is 20.3 Å². The Morgan fingerprint density at radius 1 is 1.23 bits per heavy atom. The lowest BCUT2D eigenvalue weighted by Crippen LogP contribution is -2.35. The van der Waals surface area contributed by atoms with Gasteiger partial charge >= 0.3 is 0 Å². The van der Waals surface area contributed by atoms with Gasteiger partial charge < -0.3 is 4.90 Å². The van der Waals surface area contributed by atoms with Crippen LogP contribution in [0.4, 0.5) is 0 Å². The average Bonchev–Trinajstić information content (AvgIpc) is 2.90. The lowest BCUT2D eigenvalue weighted by Gasteiger charge is -2.25. The summed E-state index contributed by atoms with van der Waals surface area (Å²) in [5.74, 6) is 0.676. The first kappa shape index (κ1) is 15.6. The van der Waals surface area contributed by atoms with E-state index in [0.717, 1.165) is 35.8 Å². The van der Waals surface area contributed by atoms with E-state index in [1.165, 1.54) is 12.0 Å². The summed E-state index contributed by atoms with van der Waals surface area (Å²) in [7, 11) is 0. The second kappa shape index (κ2) is 7.30. The van der Waals surface area contributed by atoms with Gasteiger partial charge in [0, 0.05) is 28.9 Å². The molecule has 1 aliphatic heterocycles. The normalized spacial score (nSPS) is 19.0. The molecule has 0 spiro atoms. The summed E-state index contributed by atoms with van der Waals surface area (Å²) in [6.07, 6.45) is 3.95. The van der Waals surface area contributed by atoms with Crippen molar-refractivity contribution in [2.75, 3.05) is 13.1 Å². The monoisotopic (exact) mass is 333 g/mol. The van der Waals surface area contributed by atoms with Gasteiger partial charge in [0.15, 0.2) is 0 Å². The standard InChI is InChI=1S/C18H20ClNOS/c19-16-8-6-14(7-9-16)15-4-1-2-10-20(13-15)18(21)12-17-5-3-11-22-17/h3,5-9,11,15H,1-2,4,10,12-13H2/t15-/m1/s1. The van der Waals surface area contributed by atoms with E-state index >= 15 is 0 Å². The van der Waals surface area contributed by atoms with Crippen molar-refractivity contribution < 1.29 is 4.79 Å². The maximum Gasteiger partial charge on any atom is 0.227 e. The predicted octanol–water partition coefficient (Wildman–Crippen LogP) is 4.74. The van der Waals surface area contributed by atoms with E-state index in [0.29, 0.717) is 12.3 Å². The molecule has 2 aromatic rings. The van der Waals surface area contributed by atoms with E-state index in [4.69, 9.17) is 11.6 Å². The molecular weight excluding hydrogens is 314 g/mol. The van der Waals surface area contributed by atoms with Crippen molar-refractivity contribution in [3.63, 3.8) is 0 Å². The highest BCUT2D eigenvalue weighted by atomic mass is 35.5. The fourth-order valence-corrected chi connectivity index (χ4v) is 3.87. The molecule has 0 bridgehead atoms. The molecule has 0 unspecified atom stereocenters. The molecular formula is C18H20ClNOS. The van der Waals surface area contributed by atoms with Crippen molar-refractivity contribution in [3.8, 4) is 0 Å². The zero-order valence-corrected chi connectivity index (χ0v) is 14.1. The summed E-state index contributed by atoms with van der Waals surface area (Å²) in [5.41, 5.74) is 1.29. The Morgan fingerprint density at radius 3 is 2.77 bits per heavy atom. The van der Waals surface area contributed by atoms with Crippen LogP contribution in [0.1, 0.15) is 35.6 Å². The lowest BCUT2D eigenvalue weighted by atomic mass is 9.94. The number of amides is 1. The average molecular weight is 334 g/mol. The molecule has 2 nitrogen and oxygen atoms in total. The van der Waals surface area contributed by atoms with Crippen LogP contribution in [0.2, 0.25) is 5.02 Å². The van der Waals surface area contributed by atoms with Crippen molar-refractivity contribution in [2.24, 2.45) is 0 Å². The molecule has 3 rings (SSSR count). The summed E-state index contributed by atoms with van der Waals surface area (Å²) in [5, 5.41) is 2.80. The zero-order chi connectivity index (χ0) is 15.4. The van der Waals surface area contributed by atoms with Crippen LogP contribution in [-0.2, 0) is 11.2 Å². The van der Waals surface area contributed by atoms with Crippen molar-refractivity contribution in [3.05, 3.63) is 57.2 Å². The van der Waals surface area contributed by atoms with Crippen LogP contribution >= 0.6 is 22.9 Å².